The van der Waals surface area contributed by atoms with Crippen molar-refractivity contribution in [2.24, 2.45) is 0 Å². The van der Waals surface area contributed by atoms with E-state index in [4.69, 9.17) is 4.89 Å². The van der Waals surface area contributed by atoms with Crippen molar-refractivity contribution in [2.75, 3.05) is 0 Å². The number of carbonyl (C=O) groups excluding carboxylic acids is 1. The zero-order valence-electron chi connectivity index (χ0n) is 9.22. The minimum Gasteiger partial charge on any atom is -0.293 e. The van der Waals surface area contributed by atoms with Gasteiger partial charge in [-0.25, -0.2) is 4.79 Å². The van der Waals surface area contributed by atoms with Crippen LogP contribution in [0.15, 0.2) is 10.8 Å². The minimum atomic E-state index is -0.449. The second-order valence-electron chi connectivity index (χ2n) is 4.19. The highest BCUT2D eigenvalue weighted by Crippen LogP contribution is 2.10. The summed E-state index contributed by atoms with van der Waals surface area (Å²) in [5.74, 6) is -0.387. The molecule has 0 aromatic rings. The highest BCUT2D eigenvalue weighted by Gasteiger charge is 2.16. The van der Waals surface area contributed by atoms with Gasteiger partial charge in [-0.3, -0.25) is 4.89 Å². The van der Waals surface area contributed by atoms with Gasteiger partial charge in [0.2, 0.25) is 0 Å². The van der Waals surface area contributed by atoms with Crippen LogP contribution in [0.2, 0.25) is 0 Å². The number of rotatable bonds is 2. The van der Waals surface area contributed by atoms with Crippen molar-refractivity contribution in [3.05, 3.63) is 10.8 Å². The van der Waals surface area contributed by atoms with Gasteiger partial charge in [-0.1, -0.05) is 5.20 Å². The maximum atomic E-state index is 11.2. The van der Waals surface area contributed by atoms with Crippen LogP contribution >= 0.6 is 0 Å². The first-order valence-electron chi connectivity index (χ1n) is 4.28. The summed E-state index contributed by atoms with van der Waals surface area (Å²) in [7, 11) is 0.870. The van der Waals surface area contributed by atoms with Gasteiger partial charge in [-0.2, -0.15) is 4.89 Å². The first-order chi connectivity index (χ1) is 5.74. The van der Waals surface area contributed by atoms with Gasteiger partial charge < -0.3 is 0 Å². The van der Waals surface area contributed by atoms with Gasteiger partial charge in [-0.05, 0) is 34.6 Å². The molecule has 0 amide bonds. The molecule has 0 spiro atoms. The van der Waals surface area contributed by atoms with Gasteiger partial charge in [0.05, 0.1) is 0 Å². The predicted molar refractivity (Wildman–Crippen MR) is 55.2 cm³/mol. The van der Waals surface area contributed by atoms with Crippen molar-refractivity contribution in [1.29, 1.82) is 0 Å². The molecule has 0 heterocycles. The van der Waals surface area contributed by atoms with Crippen LogP contribution in [0.1, 0.15) is 34.6 Å². The molecule has 4 heteroatoms. The van der Waals surface area contributed by atoms with E-state index in [9.17, 15) is 4.79 Å². The highest BCUT2D eigenvalue weighted by molar-refractivity contribution is 6.23. The second-order valence-corrected chi connectivity index (χ2v) is 5.69. The lowest BCUT2D eigenvalue weighted by Gasteiger charge is -2.16. The van der Waals surface area contributed by atoms with Crippen LogP contribution in [0.25, 0.3) is 0 Å². The molecular weight excluding hydrogens is 184 g/mol. The van der Waals surface area contributed by atoms with Gasteiger partial charge >= 0.3 is 5.97 Å². The van der Waals surface area contributed by atoms with Crippen molar-refractivity contribution in [2.45, 2.75) is 40.2 Å². The van der Waals surface area contributed by atoms with Gasteiger partial charge in [-0.15, -0.1) is 0 Å². The lowest BCUT2D eigenvalue weighted by atomic mass is 10.2. The summed E-state index contributed by atoms with van der Waals surface area (Å²) in [6.07, 6.45) is 0. The molecule has 0 bridgehead atoms. The third-order valence-electron chi connectivity index (χ3n) is 1.42. The third kappa shape index (κ3) is 5.60. The lowest BCUT2D eigenvalue weighted by Crippen LogP contribution is -2.22. The van der Waals surface area contributed by atoms with Crippen LogP contribution in [0.3, 0.4) is 0 Å². The fourth-order valence-corrected chi connectivity index (χ4v) is 0.634. The SMILES string of the molecule is CC([SiH3])=C(C)C(=O)OOC(C)(C)C. The Morgan fingerprint density at radius 1 is 1.23 bits per heavy atom. The number of carbonyl (C=O) groups is 1. The summed E-state index contributed by atoms with van der Waals surface area (Å²) in [5, 5.41) is 1.07. The van der Waals surface area contributed by atoms with Crippen LogP contribution in [0, 0.1) is 0 Å². The average molecular weight is 202 g/mol. The summed E-state index contributed by atoms with van der Waals surface area (Å²) < 4.78 is 0. The molecular formula is C9H18O3Si. The predicted octanol–water partition coefficient (Wildman–Crippen LogP) is 0.919. The van der Waals surface area contributed by atoms with Crippen molar-refractivity contribution in [3.63, 3.8) is 0 Å². The molecule has 0 aliphatic heterocycles. The molecule has 13 heavy (non-hydrogen) atoms. The molecule has 0 rings (SSSR count). The topological polar surface area (TPSA) is 35.5 Å². The van der Waals surface area contributed by atoms with Crippen molar-refractivity contribution < 1.29 is 14.6 Å². The molecule has 0 fully saturated rings. The van der Waals surface area contributed by atoms with Crippen molar-refractivity contribution in [3.8, 4) is 0 Å². The third-order valence-corrected chi connectivity index (χ3v) is 2.17. The smallest absolute Gasteiger partial charge is 0.293 e. The Balaban J connectivity index is 4.12. The van der Waals surface area contributed by atoms with Crippen molar-refractivity contribution in [1.82, 2.24) is 0 Å². The van der Waals surface area contributed by atoms with E-state index < -0.39 is 5.60 Å². The van der Waals surface area contributed by atoms with Crippen LogP contribution in [-0.2, 0) is 14.6 Å². The molecule has 0 saturated heterocycles. The van der Waals surface area contributed by atoms with E-state index in [2.05, 4.69) is 4.89 Å². The maximum Gasteiger partial charge on any atom is 0.368 e. The van der Waals surface area contributed by atoms with Gasteiger partial charge in [0.1, 0.15) is 5.60 Å². The van der Waals surface area contributed by atoms with E-state index in [-0.39, 0.29) is 5.97 Å². The monoisotopic (exact) mass is 202 g/mol. The zero-order valence-corrected chi connectivity index (χ0v) is 11.2. The lowest BCUT2D eigenvalue weighted by molar-refractivity contribution is -0.317. The van der Waals surface area contributed by atoms with E-state index in [1.165, 1.54) is 0 Å². The maximum absolute atomic E-state index is 11.2. The van der Waals surface area contributed by atoms with Crippen LogP contribution in [0.5, 0.6) is 0 Å². The Labute approximate surface area is 82.5 Å². The van der Waals surface area contributed by atoms with E-state index in [0.717, 1.165) is 15.4 Å². The Bertz CT molecular complexity index is 222. The summed E-state index contributed by atoms with van der Waals surface area (Å²) in [4.78, 5) is 20.8. The zero-order chi connectivity index (χ0) is 10.6. The summed E-state index contributed by atoms with van der Waals surface area (Å²) in [6.45, 7) is 9.14. The number of hydrogen-bond acceptors (Lipinski definition) is 3. The van der Waals surface area contributed by atoms with E-state index in [0.29, 0.717) is 5.57 Å². The molecule has 0 aliphatic rings. The molecule has 0 N–H and O–H groups in total. The molecule has 0 atom stereocenters. The number of hydrogen-bond donors (Lipinski definition) is 0. The average Bonchev–Trinajstić information content (AvgIpc) is 1.97. The van der Waals surface area contributed by atoms with Gasteiger partial charge in [0.25, 0.3) is 0 Å². The van der Waals surface area contributed by atoms with Gasteiger partial charge in [0, 0.05) is 15.8 Å². The quantitative estimate of drug-likeness (QED) is 0.289. The molecule has 0 aromatic carbocycles. The first kappa shape index (κ1) is 12.4. The molecule has 0 aromatic heterocycles. The van der Waals surface area contributed by atoms with E-state index >= 15 is 0 Å². The van der Waals surface area contributed by atoms with Crippen LogP contribution in [-0.4, -0.2) is 21.8 Å². The molecule has 0 aliphatic carbocycles. The first-order valence-corrected chi connectivity index (χ1v) is 5.28. The number of allylic oxidation sites excluding steroid dienone is 1. The van der Waals surface area contributed by atoms with Crippen LogP contribution in [0.4, 0.5) is 0 Å². The van der Waals surface area contributed by atoms with Crippen molar-refractivity contribution >= 4 is 16.2 Å². The summed E-state index contributed by atoms with van der Waals surface area (Å²) in [5.41, 5.74) is 0.200. The normalized spacial score (nSPS) is 13.9. The molecule has 0 radical (unpaired) electrons. The molecule has 3 nitrogen and oxygen atoms in total. The fraction of sp³-hybridized carbons (Fsp3) is 0.667. The Kier molecular flexibility index (Phi) is 4.36. The highest BCUT2D eigenvalue weighted by atomic mass is 28.1. The largest absolute Gasteiger partial charge is 0.368 e. The van der Waals surface area contributed by atoms with E-state index in [1.807, 2.05) is 27.7 Å². The summed E-state index contributed by atoms with van der Waals surface area (Å²) in [6, 6.07) is 0. The minimum absolute atomic E-state index is 0.387. The molecule has 0 saturated carbocycles. The molecule has 0 unspecified atom stereocenters. The Morgan fingerprint density at radius 3 is 2.00 bits per heavy atom. The van der Waals surface area contributed by atoms with E-state index in [1.54, 1.807) is 6.92 Å². The summed E-state index contributed by atoms with van der Waals surface area (Å²) >= 11 is 0. The van der Waals surface area contributed by atoms with Gasteiger partial charge in [0.15, 0.2) is 0 Å². The Morgan fingerprint density at radius 2 is 1.69 bits per heavy atom. The fourth-order valence-electron chi connectivity index (χ4n) is 0.429. The van der Waals surface area contributed by atoms with Crippen LogP contribution < -0.4 is 0 Å². The second kappa shape index (κ2) is 4.57. The standard InChI is InChI=1S/C9H18O3Si/c1-6(7(2)13)8(10)11-12-9(3,4)5/h1-5,13H3. The molecule has 76 valence electrons. The Hall–Kier alpha value is -0.613.